The van der Waals surface area contributed by atoms with Crippen LogP contribution in [0.3, 0.4) is 0 Å². The molecule has 1 saturated heterocycles. The zero-order valence-electron chi connectivity index (χ0n) is 11.3. The molecule has 1 unspecified atom stereocenters. The van der Waals surface area contributed by atoms with Crippen molar-refractivity contribution < 1.29 is 4.42 Å². The quantitative estimate of drug-likeness (QED) is 0.916. The zero-order valence-corrected chi connectivity index (χ0v) is 11.3. The van der Waals surface area contributed by atoms with E-state index < -0.39 is 0 Å². The zero-order chi connectivity index (χ0) is 13.1. The van der Waals surface area contributed by atoms with Gasteiger partial charge in [0.15, 0.2) is 0 Å². The fourth-order valence-electron chi connectivity index (χ4n) is 3.10. The second kappa shape index (κ2) is 5.76. The fraction of sp³-hybridized carbons (Fsp3) is 0.500. The third kappa shape index (κ3) is 2.82. The Morgan fingerprint density at radius 2 is 2.16 bits per heavy atom. The molecule has 0 amide bonds. The number of nitrogens with two attached hydrogens (primary N) is 1. The molecule has 0 bridgehead atoms. The molecular formula is C16H22N2O. The summed E-state index contributed by atoms with van der Waals surface area (Å²) < 4.78 is 5.92. The van der Waals surface area contributed by atoms with Gasteiger partial charge in [-0.1, -0.05) is 24.6 Å². The molecule has 2 heterocycles. The minimum atomic E-state index is 0.631. The molecule has 1 atom stereocenters. The molecule has 19 heavy (non-hydrogen) atoms. The van der Waals surface area contributed by atoms with Gasteiger partial charge in [-0.05, 0) is 44.5 Å². The van der Waals surface area contributed by atoms with Gasteiger partial charge in [0.05, 0.1) is 6.54 Å². The average Bonchev–Trinajstić information content (AvgIpc) is 2.83. The van der Waals surface area contributed by atoms with Gasteiger partial charge < -0.3 is 10.2 Å². The third-order valence-corrected chi connectivity index (χ3v) is 4.08. The summed E-state index contributed by atoms with van der Waals surface area (Å²) in [6.45, 7) is 2.86. The van der Waals surface area contributed by atoms with E-state index in [4.69, 9.17) is 10.2 Å². The summed E-state index contributed by atoms with van der Waals surface area (Å²) in [6.07, 6.45) is 5.00. The average molecular weight is 258 g/mol. The molecule has 3 rings (SSSR count). The van der Waals surface area contributed by atoms with Crippen LogP contribution in [0.25, 0.3) is 11.0 Å². The van der Waals surface area contributed by atoms with Gasteiger partial charge in [0, 0.05) is 11.4 Å². The van der Waals surface area contributed by atoms with Crippen LogP contribution in [0.1, 0.15) is 31.4 Å². The van der Waals surface area contributed by atoms with Gasteiger partial charge in [0.25, 0.3) is 0 Å². The number of benzene rings is 1. The first kappa shape index (κ1) is 12.7. The van der Waals surface area contributed by atoms with Crippen molar-refractivity contribution in [1.29, 1.82) is 0 Å². The number of rotatable bonds is 4. The highest BCUT2D eigenvalue weighted by atomic mass is 16.3. The third-order valence-electron chi connectivity index (χ3n) is 4.08. The summed E-state index contributed by atoms with van der Waals surface area (Å²) in [5.41, 5.74) is 6.72. The Bertz CT molecular complexity index is 499. The first-order valence-electron chi connectivity index (χ1n) is 7.28. The largest absolute Gasteiger partial charge is 0.460 e. The van der Waals surface area contributed by atoms with Gasteiger partial charge in [-0.15, -0.1) is 0 Å². The molecule has 1 aliphatic heterocycles. The summed E-state index contributed by atoms with van der Waals surface area (Å²) in [4.78, 5) is 2.54. The van der Waals surface area contributed by atoms with Crippen molar-refractivity contribution in [1.82, 2.24) is 4.90 Å². The Balaban J connectivity index is 1.75. The first-order chi connectivity index (χ1) is 9.36. The standard InChI is InChI=1S/C16H22N2O/c17-9-8-14-6-3-4-10-18(14)12-15-11-13-5-1-2-7-16(13)19-15/h1-2,5,7,11,14H,3-4,6,8-10,12,17H2. The SMILES string of the molecule is NCCC1CCCCN1Cc1cc2ccccc2o1. The Morgan fingerprint density at radius 3 is 3.00 bits per heavy atom. The molecule has 1 aromatic carbocycles. The lowest BCUT2D eigenvalue weighted by molar-refractivity contribution is 0.125. The van der Waals surface area contributed by atoms with Crippen molar-refractivity contribution in [3.05, 3.63) is 36.1 Å². The minimum absolute atomic E-state index is 0.631. The summed E-state index contributed by atoms with van der Waals surface area (Å²) in [7, 11) is 0. The summed E-state index contributed by atoms with van der Waals surface area (Å²) >= 11 is 0. The van der Waals surface area contributed by atoms with Crippen LogP contribution in [0.15, 0.2) is 34.7 Å². The molecule has 102 valence electrons. The van der Waals surface area contributed by atoms with Gasteiger partial charge >= 0.3 is 0 Å². The number of hydrogen-bond acceptors (Lipinski definition) is 3. The molecule has 1 aliphatic rings. The van der Waals surface area contributed by atoms with E-state index in [2.05, 4.69) is 23.1 Å². The van der Waals surface area contributed by atoms with Gasteiger partial charge in [0.1, 0.15) is 11.3 Å². The number of piperidine rings is 1. The van der Waals surface area contributed by atoms with Crippen LogP contribution < -0.4 is 5.73 Å². The number of hydrogen-bond donors (Lipinski definition) is 1. The molecule has 1 fully saturated rings. The van der Waals surface area contributed by atoms with E-state index in [1.54, 1.807) is 0 Å². The predicted octanol–water partition coefficient (Wildman–Crippen LogP) is 3.14. The normalized spacial score (nSPS) is 21.0. The Kier molecular flexibility index (Phi) is 3.85. The van der Waals surface area contributed by atoms with Gasteiger partial charge in [-0.2, -0.15) is 0 Å². The Morgan fingerprint density at radius 1 is 1.26 bits per heavy atom. The highest BCUT2D eigenvalue weighted by Gasteiger charge is 2.22. The van der Waals surface area contributed by atoms with Crippen LogP contribution in [0.4, 0.5) is 0 Å². The molecule has 1 aromatic heterocycles. The van der Waals surface area contributed by atoms with Crippen LogP contribution in [-0.2, 0) is 6.54 Å². The second-order valence-corrected chi connectivity index (χ2v) is 5.45. The van der Waals surface area contributed by atoms with Crippen molar-refractivity contribution in [3.8, 4) is 0 Å². The van der Waals surface area contributed by atoms with Crippen molar-refractivity contribution in [2.24, 2.45) is 5.73 Å². The number of nitrogens with zero attached hydrogens (tertiary/aromatic N) is 1. The van der Waals surface area contributed by atoms with Crippen molar-refractivity contribution in [2.75, 3.05) is 13.1 Å². The number of fused-ring (bicyclic) bond motifs is 1. The van der Waals surface area contributed by atoms with E-state index in [9.17, 15) is 0 Å². The van der Waals surface area contributed by atoms with Crippen molar-refractivity contribution >= 4 is 11.0 Å². The fourth-order valence-corrected chi connectivity index (χ4v) is 3.10. The lowest BCUT2D eigenvalue weighted by atomic mass is 9.99. The molecular weight excluding hydrogens is 236 g/mol. The van der Waals surface area contributed by atoms with E-state index in [1.807, 2.05) is 12.1 Å². The summed E-state index contributed by atoms with van der Waals surface area (Å²) in [6, 6.07) is 11.0. The van der Waals surface area contributed by atoms with E-state index in [0.29, 0.717) is 6.04 Å². The van der Waals surface area contributed by atoms with Crippen LogP contribution in [0.2, 0.25) is 0 Å². The number of para-hydroxylation sites is 1. The second-order valence-electron chi connectivity index (χ2n) is 5.45. The maximum atomic E-state index is 5.92. The lowest BCUT2D eigenvalue weighted by Crippen LogP contribution is -2.39. The van der Waals surface area contributed by atoms with E-state index in [-0.39, 0.29) is 0 Å². The molecule has 0 spiro atoms. The van der Waals surface area contributed by atoms with E-state index in [0.717, 1.165) is 30.9 Å². The predicted molar refractivity (Wildman–Crippen MR) is 77.9 cm³/mol. The van der Waals surface area contributed by atoms with E-state index in [1.165, 1.54) is 31.2 Å². The molecule has 2 aromatic rings. The monoisotopic (exact) mass is 258 g/mol. The van der Waals surface area contributed by atoms with Crippen molar-refractivity contribution in [3.63, 3.8) is 0 Å². The lowest BCUT2D eigenvalue weighted by Gasteiger charge is -2.34. The van der Waals surface area contributed by atoms with Gasteiger partial charge in [0.2, 0.25) is 0 Å². The highest BCUT2D eigenvalue weighted by molar-refractivity contribution is 5.77. The first-order valence-corrected chi connectivity index (χ1v) is 7.28. The van der Waals surface area contributed by atoms with Crippen LogP contribution in [-0.4, -0.2) is 24.0 Å². The number of likely N-dealkylation sites (tertiary alicyclic amines) is 1. The van der Waals surface area contributed by atoms with Gasteiger partial charge in [-0.3, -0.25) is 4.90 Å². The molecule has 0 saturated carbocycles. The number of furan rings is 1. The van der Waals surface area contributed by atoms with Crippen LogP contribution in [0, 0.1) is 0 Å². The van der Waals surface area contributed by atoms with Crippen LogP contribution in [0.5, 0.6) is 0 Å². The maximum Gasteiger partial charge on any atom is 0.134 e. The Labute approximate surface area is 114 Å². The van der Waals surface area contributed by atoms with Crippen molar-refractivity contribution in [2.45, 2.75) is 38.3 Å². The molecule has 2 N–H and O–H groups in total. The molecule has 3 nitrogen and oxygen atoms in total. The van der Waals surface area contributed by atoms with E-state index >= 15 is 0 Å². The molecule has 3 heteroatoms. The summed E-state index contributed by atoms with van der Waals surface area (Å²) in [5, 5.41) is 1.20. The topological polar surface area (TPSA) is 42.4 Å². The maximum absolute atomic E-state index is 5.92. The molecule has 0 aliphatic carbocycles. The molecule has 0 radical (unpaired) electrons. The summed E-state index contributed by atoms with van der Waals surface area (Å²) in [5.74, 6) is 1.07. The minimum Gasteiger partial charge on any atom is -0.460 e. The smallest absolute Gasteiger partial charge is 0.134 e. The van der Waals surface area contributed by atoms with Crippen LogP contribution >= 0.6 is 0 Å². The highest BCUT2D eigenvalue weighted by Crippen LogP contribution is 2.24. The Hall–Kier alpha value is -1.32. The van der Waals surface area contributed by atoms with Gasteiger partial charge in [-0.25, -0.2) is 0 Å².